The number of nitrogens with two attached hydrogens (primary N) is 1. The molecule has 20 heavy (non-hydrogen) atoms. The minimum atomic E-state index is -1.31. The van der Waals surface area contributed by atoms with Gasteiger partial charge in [0.1, 0.15) is 11.9 Å². The van der Waals surface area contributed by atoms with Gasteiger partial charge in [0, 0.05) is 18.7 Å². The van der Waals surface area contributed by atoms with Crippen molar-refractivity contribution in [2.45, 2.75) is 25.0 Å². The molecule has 1 aliphatic heterocycles. The lowest BCUT2D eigenvalue weighted by Gasteiger charge is -2.13. The van der Waals surface area contributed by atoms with Gasteiger partial charge in [0.2, 0.25) is 0 Å². The lowest BCUT2D eigenvalue weighted by molar-refractivity contribution is -0.126. The van der Waals surface area contributed by atoms with E-state index in [4.69, 9.17) is 10.5 Å². The van der Waals surface area contributed by atoms with Crippen LogP contribution in [-0.4, -0.2) is 24.7 Å². The summed E-state index contributed by atoms with van der Waals surface area (Å²) in [6, 6.07) is 0.973. The maximum Gasteiger partial charge on any atom is 0.253 e. The first-order valence-electron chi connectivity index (χ1n) is 5.82. The molecule has 3 N–H and O–H groups in total. The highest BCUT2D eigenvalue weighted by atomic mass is 35.5. The van der Waals surface area contributed by atoms with Crippen LogP contribution in [0.1, 0.15) is 12.8 Å². The molecule has 2 rings (SSSR count). The molecule has 1 fully saturated rings. The Labute approximate surface area is 119 Å². The molecule has 0 saturated carbocycles. The van der Waals surface area contributed by atoms with Crippen molar-refractivity contribution in [1.82, 2.24) is 0 Å². The Hall–Kier alpha value is -1.31. The molecule has 1 saturated heterocycles. The van der Waals surface area contributed by atoms with Crippen LogP contribution in [0.25, 0.3) is 0 Å². The minimum Gasteiger partial charge on any atom is -0.364 e. The fourth-order valence-corrected chi connectivity index (χ4v) is 1.90. The van der Waals surface area contributed by atoms with Gasteiger partial charge in [-0.15, -0.1) is 12.4 Å². The Kier molecular flexibility index (Phi) is 5.79. The van der Waals surface area contributed by atoms with Crippen LogP contribution in [-0.2, 0) is 9.53 Å². The van der Waals surface area contributed by atoms with Gasteiger partial charge in [-0.1, -0.05) is 0 Å². The highest BCUT2D eigenvalue weighted by Gasteiger charge is 2.30. The maximum absolute atomic E-state index is 13.3. The van der Waals surface area contributed by atoms with Crippen molar-refractivity contribution in [1.29, 1.82) is 0 Å². The normalized spacial score (nSPS) is 21.4. The molecule has 1 aliphatic rings. The SMILES string of the molecule is Cl.NC[C@H]1CC[C@@H](C(=O)Nc2cc(F)c(F)cc2F)O1. The van der Waals surface area contributed by atoms with Gasteiger partial charge in [-0.3, -0.25) is 4.79 Å². The average molecular weight is 311 g/mol. The molecule has 0 bridgehead atoms. The summed E-state index contributed by atoms with van der Waals surface area (Å²) in [4.78, 5) is 11.8. The predicted molar refractivity (Wildman–Crippen MR) is 69.1 cm³/mol. The number of anilines is 1. The Balaban J connectivity index is 0.00000200. The van der Waals surface area contributed by atoms with E-state index in [1.54, 1.807) is 0 Å². The van der Waals surface area contributed by atoms with Crippen LogP contribution in [0.2, 0.25) is 0 Å². The summed E-state index contributed by atoms with van der Waals surface area (Å²) in [7, 11) is 0. The standard InChI is InChI=1S/C12H13F3N2O2.ClH/c13-7-3-9(15)10(4-8(7)14)17-12(18)11-2-1-6(5-16)19-11;/h3-4,6,11H,1-2,5,16H2,(H,17,18);1H/t6-,11+;/m1./s1. The maximum atomic E-state index is 13.3. The number of hydrogen-bond acceptors (Lipinski definition) is 3. The molecule has 0 radical (unpaired) electrons. The Morgan fingerprint density at radius 1 is 1.25 bits per heavy atom. The molecular weight excluding hydrogens is 297 g/mol. The molecule has 1 heterocycles. The van der Waals surface area contributed by atoms with E-state index in [0.717, 1.165) is 0 Å². The number of hydrogen-bond donors (Lipinski definition) is 2. The molecule has 112 valence electrons. The number of ether oxygens (including phenoxy) is 1. The van der Waals surface area contributed by atoms with Crippen molar-refractivity contribution in [3.05, 3.63) is 29.6 Å². The van der Waals surface area contributed by atoms with Crippen LogP contribution in [0.15, 0.2) is 12.1 Å². The van der Waals surface area contributed by atoms with Crippen LogP contribution in [0.5, 0.6) is 0 Å². The molecule has 1 amide bonds. The second-order valence-electron chi connectivity index (χ2n) is 4.30. The highest BCUT2D eigenvalue weighted by Crippen LogP contribution is 2.22. The number of carbonyl (C=O) groups excluding carboxylic acids is 1. The predicted octanol–water partition coefficient (Wildman–Crippen LogP) is 1.97. The zero-order valence-electron chi connectivity index (χ0n) is 10.4. The number of nitrogens with one attached hydrogen (secondary N) is 1. The number of amides is 1. The van der Waals surface area contributed by atoms with Crippen molar-refractivity contribution in [2.75, 3.05) is 11.9 Å². The summed E-state index contributed by atoms with van der Waals surface area (Å²) in [6.45, 7) is 0.295. The number of benzene rings is 1. The van der Waals surface area contributed by atoms with Crippen molar-refractivity contribution < 1.29 is 22.7 Å². The number of halogens is 4. The molecule has 0 aliphatic carbocycles. The third-order valence-corrected chi connectivity index (χ3v) is 2.93. The number of rotatable bonds is 3. The molecular formula is C12H14ClF3N2O2. The van der Waals surface area contributed by atoms with E-state index in [1.807, 2.05) is 0 Å². The summed E-state index contributed by atoms with van der Waals surface area (Å²) in [5.74, 6) is -4.18. The van der Waals surface area contributed by atoms with E-state index in [2.05, 4.69) is 5.32 Å². The first kappa shape index (κ1) is 16.7. The summed E-state index contributed by atoms with van der Waals surface area (Å²) >= 11 is 0. The summed E-state index contributed by atoms with van der Waals surface area (Å²) in [5, 5.41) is 2.18. The van der Waals surface area contributed by atoms with Gasteiger partial charge in [0.25, 0.3) is 5.91 Å². The lowest BCUT2D eigenvalue weighted by atomic mass is 10.2. The van der Waals surface area contributed by atoms with Gasteiger partial charge in [0.15, 0.2) is 11.6 Å². The quantitative estimate of drug-likeness (QED) is 0.839. The van der Waals surface area contributed by atoms with Crippen LogP contribution >= 0.6 is 12.4 Å². The average Bonchev–Trinajstić information content (AvgIpc) is 2.84. The topological polar surface area (TPSA) is 64.4 Å². The largest absolute Gasteiger partial charge is 0.364 e. The fraction of sp³-hybridized carbons (Fsp3) is 0.417. The van der Waals surface area contributed by atoms with E-state index in [-0.39, 0.29) is 18.5 Å². The number of carbonyl (C=O) groups is 1. The molecule has 0 unspecified atom stereocenters. The molecule has 0 aromatic heterocycles. The molecule has 0 spiro atoms. The van der Waals surface area contributed by atoms with Gasteiger partial charge in [-0.25, -0.2) is 13.2 Å². The lowest BCUT2D eigenvalue weighted by Crippen LogP contribution is -2.30. The van der Waals surface area contributed by atoms with E-state index in [9.17, 15) is 18.0 Å². The smallest absolute Gasteiger partial charge is 0.253 e. The first-order valence-corrected chi connectivity index (χ1v) is 5.82. The Bertz CT molecular complexity index is 502. The Morgan fingerprint density at radius 3 is 2.50 bits per heavy atom. The summed E-state index contributed by atoms with van der Waals surface area (Å²) in [5.41, 5.74) is 4.99. The Morgan fingerprint density at radius 2 is 1.90 bits per heavy atom. The van der Waals surface area contributed by atoms with Crippen LogP contribution in [0, 0.1) is 17.5 Å². The van der Waals surface area contributed by atoms with Gasteiger partial charge in [-0.05, 0) is 12.8 Å². The van der Waals surface area contributed by atoms with Gasteiger partial charge >= 0.3 is 0 Å². The van der Waals surface area contributed by atoms with E-state index >= 15 is 0 Å². The molecule has 8 heteroatoms. The zero-order valence-corrected chi connectivity index (χ0v) is 11.2. The molecule has 4 nitrogen and oxygen atoms in total. The van der Waals surface area contributed by atoms with Crippen molar-refractivity contribution in [3.63, 3.8) is 0 Å². The van der Waals surface area contributed by atoms with Gasteiger partial charge in [0.05, 0.1) is 11.8 Å². The zero-order chi connectivity index (χ0) is 14.0. The van der Waals surface area contributed by atoms with Crippen molar-refractivity contribution in [3.8, 4) is 0 Å². The highest BCUT2D eigenvalue weighted by molar-refractivity contribution is 5.94. The third-order valence-electron chi connectivity index (χ3n) is 2.93. The van der Waals surface area contributed by atoms with Crippen LogP contribution in [0.3, 0.4) is 0 Å². The fourth-order valence-electron chi connectivity index (χ4n) is 1.90. The van der Waals surface area contributed by atoms with Crippen LogP contribution < -0.4 is 11.1 Å². The summed E-state index contributed by atoms with van der Waals surface area (Å²) in [6.07, 6.45) is 0.139. The van der Waals surface area contributed by atoms with Crippen LogP contribution in [0.4, 0.5) is 18.9 Å². The monoisotopic (exact) mass is 310 g/mol. The van der Waals surface area contributed by atoms with Crippen molar-refractivity contribution in [2.24, 2.45) is 5.73 Å². The second kappa shape index (κ2) is 6.92. The first-order chi connectivity index (χ1) is 9.01. The molecule has 1 aromatic rings. The second-order valence-corrected chi connectivity index (χ2v) is 4.30. The van der Waals surface area contributed by atoms with Crippen molar-refractivity contribution >= 4 is 24.0 Å². The third kappa shape index (κ3) is 3.62. The minimum absolute atomic E-state index is 0. The van der Waals surface area contributed by atoms with E-state index in [1.165, 1.54) is 0 Å². The van der Waals surface area contributed by atoms with E-state index < -0.39 is 35.2 Å². The van der Waals surface area contributed by atoms with Gasteiger partial charge < -0.3 is 15.8 Å². The molecule has 2 atom stereocenters. The van der Waals surface area contributed by atoms with E-state index in [0.29, 0.717) is 31.5 Å². The van der Waals surface area contributed by atoms with Gasteiger partial charge in [-0.2, -0.15) is 0 Å². The molecule has 1 aromatic carbocycles. The summed E-state index contributed by atoms with van der Waals surface area (Å²) < 4.78 is 44.3.